The lowest BCUT2D eigenvalue weighted by molar-refractivity contribution is 0.0597. The Kier molecular flexibility index (Phi) is 2.87. The van der Waals surface area contributed by atoms with E-state index < -0.39 is 5.97 Å². The first-order valence-electron chi connectivity index (χ1n) is 6.12. The van der Waals surface area contributed by atoms with Crippen molar-refractivity contribution in [2.24, 2.45) is 0 Å². The molecule has 0 aliphatic rings. The minimum absolute atomic E-state index is 0.305. The molecule has 0 aliphatic heterocycles. The van der Waals surface area contributed by atoms with Crippen molar-refractivity contribution in [3.63, 3.8) is 0 Å². The number of nitrogens with two attached hydrogens (primary N) is 1. The molecule has 0 bridgehead atoms. The molecule has 0 atom stereocenters. The number of nitrogens with zero attached hydrogens (tertiary/aromatic N) is 2. The zero-order valence-corrected chi connectivity index (χ0v) is 10.9. The van der Waals surface area contributed by atoms with Crippen LogP contribution in [0.2, 0.25) is 0 Å². The number of hydrogen-bond donors (Lipinski definition) is 1. The highest BCUT2D eigenvalue weighted by Gasteiger charge is 2.18. The van der Waals surface area contributed by atoms with E-state index in [9.17, 15) is 4.79 Å². The number of pyridine rings is 1. The second-order valence-corrected chi connectivity index (χ2v) is 4.35. The number of methoxy groups -OCH3 is 1. The van der Waals surface area contributed by atoms with Gasteiger partial charge in [-0.2, -0.15) is 0 Å². The molecule has 0 radical (unpaired) electrons. The lowest BCUT2D eigenvalue weighted by Gasteiger charge is -2.01. The largest absolute Gasteiger partial charge is 0.464 e. The van der Waals surface area contributed by atoms with Crippen molar-refractivity contribution >= 4 is 17.2 Å². The fourth-order valence-corrected chi connectivity index (χ4v) is 2.12. The number of benzene rings is 1. The molecule has 0 saturated carbocycles. The molecular weight excluding hydrogens is 254 g/mol. The molecule has 2 aromatic heterocycles. The first-order valence-corrected chi connectivity index (χ1v) is 6.12. The van der Waals surface area contributed by atoms with E-state index in [0.29, 0.717) is 22.7 Å². The number of fused-ring (bicyclic) bond motifs is 1. The summed E-state index contributed by atoms with van der Waals surface area (Å²) in [6, 6.07) is 12.9. The molecule has 0 fully saturated rings. The molecule has 0 spiro atoms. The van der Waals surface area contributed by atoms with Crippen molar-refractivity contribution in [2.75, 3.05) is 12.8 Å². The third kappa shape index (κ3) is 1.89. The van der Waals surface area contributed by atoms with Gasteiger partial charge in [0.15, 0.2) is 5.69 Å². The second kappa shape index (κ2) is 4.70. The zero-order valence-electron chi connectivity index (χ0n) is 10.9. The van der Waals surface area contributed by atoms with Crippen LogP contribution < -0.4 is 5.73 Å². The Bertz CT molecular complexity index is 775. The molecule has 3 rings (SSSR count). The van der Waals surface area contributed by atoms with E-state index >= 15 is 0 Å². The lowest BCUT2D eigenvalue weighted by Crippen LogP contribution is -2.02. The number of ether oxygens (including phenoxy) is 1. The lowest BCUT2D eigenvalue weighted by atomic mass is 10.2. The summed E-state index contributed by atoms with van der Waals surface area (Å²) in [6.07, 6.45) is 1.86. The summed E-state index contributed by atoms with van der Waals surface area (Å²) in [4.78, 5) is 16.2. The molecule has 0 unspecified atom stereocenters. The number of nitrogen functional groups attached to an aromatic ring is 1. The molecule has 3 aromatic rings. The number of carbonyl (C=O) groups excluding carboxylic acids is 1. The van der Waals surface area contributed by atoms with Gasteiger partial charge in [-0.05, 0) is 36.4 Å². The minimum Gasteiger partial charge on any atom is -0.464 e. The molecule has 0 aliphatic carbocycles. The van der Waals surface area contributed by atoms with Gasteiger partial charge in [-0.3, -0.25) is 4.40 Å². The van der Waals surface area contributed by atoms with Gasteiger partial charge in [0.05, 0.1) is 12.6 Å². The monoisotopic (exact) mass is 267 g/mol. The maximum atomic E-state index is 11.8. The van der Waals surface area contributed by atoms with Crippen LogP contribution >= 0.6 is 0 Å². The minimum atomic E-state index is -0.449. The van der Waals surface area contributed by atoms with E-state index in [0.717, 1.165) is 5.56 Å². The topological polar surface area (TPSA) is 69.6 Å². The number of hydrogen-bond acceptors (Lipinski definition) is 4. The molecule has 20 heavy (non-hydrogen) atoms. The van der Waals surface area contributed by atoms with E-state index in [4.69, 9.17) is 10.5 Å². The Morgan fingerprint density at radius 1 is 1.20 bits per heavy atom. The maximum absolute atomic E-state index is 11.8. The van der Waals surface area contributed by atoms with Crippen LogP contribution in [-0.4, -0.2) is 22.5 Å². The molecule has 100 valence electrons. The maximum Gasteiger partial charge on any atom is 0.358 e. The van der Waals surface area contributed by atoms with Gasteiger partial charge < -0.3 is 10.5 Å². The Morgan fingerprint density at radius 2 is 1.95 bits per heavy atom. The molecule has 2 N–H and O–H groups in total. The fraction of sp³-hybridized carbons (Fsp3) is 0.0667. The van der Waals surface area contributed by atoms with Crippen molar-refractivity contribution in [1.29, 1.82) is 0 Å². The summed E-state index contributed by atoms with van der Waals surface area (Å²) >= 11 is 0. The smallest absolute Gasteiger partial charge is 0.358 e. The first-order chi connectivity index (χ1) is 9.70. The number of carbonyl (C=O) groups is 1. The first kappa shape index (κ1) is 12.2. The summed E-state index contributed by atoms with van der Waals surface area (Å²) in [5, 5.41) is 0. The van der Waals surface area contributed by atoms with Gasteiger partial charge in [-0.1, -0.05) is 6.07 Å². The molecule has 5 nitrogen and oxygen atoms in total. The standard InChI is InChI=1S/C15H13N3O2/c1-20-15(19)13-12-4-2-3-9-18(12)14(17-13)10-5-7-11(16)8-6-10/h2-9H,16H2,1H3. The van der Waals surface area contributed by atoms with Crippen molar-refractivity contribution in [3.8, 4) is 11.4 Å². The van der Waals surface area contributed by atoms with Gasteiger partial charge in [0, 0.05) is 17.4 Å². The average molecular weight is 267 g/mol. The van der Waals surface area contributed by atoms with Gasteiger partial charge in [-0.15, -0.1) is 0 Å². The Hall–Kier alpha value is -2.82. The molecule has 5 heteroatoms. The van der Waals surface area contributed by atoms with Crippen LogP contribution in [0.25, 0.3) is 16.9 Å². The summed E-state index contributed by atoms with van der Waals surface area (Å²) in [7, 11) is 1.35. The number of imidazole rings is 1. The van der Waals surface area contributed by atoms with Crippen LogP contribution in [0.5, 0.6) is 0 Å². The summed E-state index contributed by atoms with van der Waals surface area (Å²) in [6.45, 7) is 0. The second-order valence-electron chi connectivity index (χ2n) is 4.35. The van der Waals surface area contributed by atoms with Crippen molar-refractivity contribution in [1.82, 2.24) is 9.38 Å². The van der Waals surface area contributed by atoms with E-state index in [-0.39, 0.29) is 0 Å². The van der Waals surface area contributed by atoms with Crippen molar-refractivity contribution in [3.05, 3.63) is 54.4 Å². The van der Waals surface area contributed by atoms with E-state index in [1.54, 1.807) is 12.1 Å². The van der Waals surface area contributed by atoms with Crippen molar-refractivity contribution in [2.45, 2.75) is 0 Å². The zero-order chi connectivity index (χ0) is 14.1. The van der Waals surface area contributed by atoms with Crippen LogP contribution in [0, 0.1) is 0 Å². The molecule has 0 saturated heterocycles. The molecular formula is C15H13N3O2. The van der Waals surface area contributed by atoms with E-state index in [1.807, 2.05) is 40.9 Å². The van der Waals surface area contributed by atoms with Gasteiger partial charge in [0.1, 0.15) is 5.82 Å². The molecule has 0 amide bonds. The van der Waals surface area contributed by atoms with Gasteiger partial charge in [0.25, 0.3) is 0 Å². The summed E-state index contributed by atoms with van der Waals surface area (Å²) < 4.78 is 6.64. The normalized spacial score (nSPS) is 10.7. The SMILES string of the molecule is COC(=O)c1nc(-c2ccc(N)cc2)n2ccccc12. The van der Waals surface area contributed by atoms with Gasteiger partial charge in [0.2, 0.25) is 0 Å². The predicted octanol–water partition coefficient (Wildman–Crippen LogP) is 2.37. The quantitative estimate of drug-likeness (QED) is 0.571. The van der Waals surface area contributed by atoms with Crippen LogP contribution in [-0.2, 0) is 4.74 Å². The molecule has 2 heterocycles. The summed E-state index contributed by atoms with van der Waals surface area (Å²) in [5.41, 5.74) is 8.28. The molecule has 1 aromatic carbocycles. The number of anilines is 1. The Balaban J connectivity index is 2.26. The fourth-order valence-electron chi connectivity index (χ4n) is 2.12. The third-order valence-corrected chi connectivity index (χ3v) is 3.10. The third-order valence-electron chi connectivity index (χ3n) is 3.10. The number of rotatable bonds is 2. The van der Waals surface area contributed by atoms with Crippen LogP contribution in [0.15, 0.2) is 48.7 Å². The highest BCUT2D eigenvalue weighted by Crippen LogP contribution is 2.23. The number of aromatic nitrogens is 2. The average Bonchev–Trinajstić information content (AvgIpc) is 2.87. The number of esters is 1. The van der Waals surface area contributed by atoms with Crippen LogP contribution in [0.1, 0.15) is 10.5 Å². The van der Waals surface area contributed by atoms with E-state index in [2.05, 4.69) is 4.98 Å². The van der Waals surface area contributed by atoms with E-state index in [1.165, 1.54) is 7.11 Å². The van der Waals surface area contributed by atoms with Crippen LogP contribution in [0.4, 0.5) is 5.69 Å². The van der Waals surface area contributed by atoms with Crippen LogP contribution in [0.3, 0.4) is 0 Å². The predicted molar refractivity (Wildman–Crippen MR) is 76.4 cm³/mol. The highest BCUT2D eigenvalue weighted by molar-refractivity contribution is 5.96. The summed E-state index contributed by atoms with van der Waals surface area (Å²) in [5.74, 6) is 0.233. The Labute approximate surface area is 115 Å². The van der Waals surface area contributed by atoms with Gasteiger partial charge >= 0.3 is 5.97 Å². The van der Waals surface area contributed by atoms with Gasteiger partial charge in [-0.25, -0.2) is 9.78 Å². The Morgan fingerprint density at radius 3 is 2.65 bits per heavy atom. The highest BCUT2D eigenvalue weighted by atomic mass is 16.5. The van der Waals surface area contributed by atoms with Crippen molar-refractivity contribution < 1.29 is 9.53 Å².